The van der Waals surface area contributed by atoms with E-state index >= 15 is 0 Å². The first-order chi connectivity index (χ1) is 12.0. The van der Waals surface area contributed by atoms with E-state index in [2.05, 4.69) is 10.2 Å². The predicted molar refractivity (Wildman–Crippen MR) is 89.4 cm³/mol. The van der Waals surface area contributed by atoms with Crippen LogP contribution < -0.4 is 5.32 Å². The summed E-state index contributed by atoms with van der Waals surface area (Å²) < 4.78 is 39.6. The van der Waals surface area contributed by atoms with Crippen LogP contribution in [0.15, 0.2) is 42.5 Å². The van der Waals surface area contributed by atoms with Gasteiger partial charge in [-0.1, -0.05) is 12.1 Å². The Kier molecular flexibility index (Phi) is 5.38. The van der Waals surface area contributed by atoms with Crippen LogP contribution in [0.4, 0.5) is 18.9 Å². The molecule has 0 saturated carbocycles. The summed E-state index contributed by atoms with van der Waals surface area (Å²) in [6, 6.07) is 9.38. The van der Waals surface area contributed by atoms with Crippen molar-refractivity contribution in [2.24, 2.45) is 5.92 Å². The van der Waals surface area contributed by atoms with Crippen LogP contribution >= 0.6 is 0 Å². The fourth-order valence-electron chi connectivity index (χ4n) is 3.09. The Hall–Kier alpha value is -2.34. The van der Waals surface area contributed by atoms with Gasteiger partial charge in [0.1, 0.15) is 17.5 Å². The lowest BCUT2D eigenvalue weighted by Gasteiger charge is -2.32. The number of nitrogens with zero attached hydrogens (tertiary/aromatic N) is 1. The Balaban J connectivity index is 1.60. The van der Waals surface area contributed by atoms with Gasteiger partial charge in [0, 0.05) is 19.2 Å². The van der Waals surface area contributed by atoms with Crippen LogP contribution in [-0.4, -0.2) is 23.9 Å². The molecule has 25 heavy (non-hydrogen) atoms. The van der Waals surface area contributed by atoms with Crippen molar-refractivity contribution in [3.8, 4) is 0 Å². The van der Waals surface area contributed by atoms with Crippen molar-refractivity contribution < 1.29 is 18.0 Å². The van der Waals surface area contributed by atoms with Crippen molar-refractivity contribution in [3.05, 3.63) is 65.5 Å². The first-order valence-electron chi connectivity index (χ1n) is 8.24. The molecule has 2 aromatic carbocycles. The summed E-state index contributed by atoms with van der Waals surface area (Å²) >= 11 is 0. The highest BCUT2D eigenvalue weighted by atomic mass is 19.1. The minimum Gasteiger partial charge on any atom is -0.323 e. The third-order valence-electron chi connectivity index (χ3n) is 4.38. The monoisotopic (exact) mass is 348 g/mol. The molecule has 1 atom stereocenters. The van der Waals surface area contributed by atoms with E-state index in [-0.39, 0.29) is 23.3 Å². The highest BCUT2D eigenvalue weighted by molar-refractivity contribution is 5.92. The normalized spacial score (nSPS) is 18.1. The number of carbonyl (C=O) groups is 1. The molecule has 0 radical (unpaired) electrons. The Labute approximate surface area is 144 Å². The molecule has 6 heteroatoms. The fraction of sp³-hybridized carbons (Fsp3) is 0.316. The molecule has 1 fully saturated rings. The van der Waals surface area contributed by atoms with E-state index in [4.69, 9.17) is 0 Å². The maximum Gasteiger partial charge on any atom is 0.228 e. The highest BCUT2D eigenvalue weighted by Crippen LogP contribution is 2.22. The predicted octanol–water partition coefficient (Wildman–Crippen LogP) is 3.95. The zero-order chi connectivity index (χ0) is 17.8. The van der Waals surface area contributed by atoms with Crippen molar-refractivity contribution >= 4 is 11.6 Å². The standard InChI is InChI=1S/C19H19F3N2O/c20-15-5-3-13(4-6-15)11-24-9-1-2-14(12-24)19(25)23-18-8-7-16(21)10-17(18)22/h3-8,10,14H,1-2,9,11-12H2,(H,23,25). The molecule has 1 aliphatic rings. The Morgan fingerprint density at radius 1 is 1.08 bits per heavy atom. The lowest BCUT2D eigenvalue weighted by molar-refractivity contribution is -0.121. The molecule has 1 heterocycles. The van der Waals surface area contributed by atoms with Crippen LogP contribution in [0.3, 0.4) is 0 Å². The maximum absolute atomic E-state index is 13.7. The van der Waals surface area contributed by atoms with E-state index in [1.807, 2.05) is 0 Å². The molecule has 0 aliphatic carbocycles. The number of likely N-dealkylation sites (tertiary alicyclic amines) is 1. The van der Waals surface area contributed by atoms with Crippen molar-refractivity contribution in [2.75, 3.05) is 18.4 Å². The minimum absolute atomic E-state index is 0.0120. The van der Waals surface area contributed by atoms with Gasteiger partial charge < -0.3 is 5.32 Å². The maximum atomic E-state index is 13.7. The molecule has 3 rings (SSSR count). The lowest BCUT2D eigenvalue weighted by Crippen LogP contribution is -2.40. The van der Waals surface area contributed by atoms with E-state index in [0.29, 0.717) is 19.5 Å². The summed E-state index contributed by atoms with van der Waals surface area (Å²) in [5.41, 5.74) is 0.967. The average Bonchev–Trinajstić information content (AvgIpc) is 2.60. The van der Waals surface area contributed by atoms with Crippen molar-refractivity contribution in [2.45, 2.75) is 19.4 Å². The van der Waals surface area contributed by atoms with Gasteiger partial charge in [0.05, 0.1) is 11.6 Å². The number of halogens is 3. The number of nitrogens with one attached hydrogen (secondary N) is 1. The number of piperidine rings is 1. The number of amides is 1. The zero-order valence-electron chi connectivity index (χ0n) is 13.6. The molecular weight excluding hydrogens is 329 g/mol. The average molecular weight is 348 g/mol. The number of rotatable bonds is 4. The molecule has 0 spiro atoms. The van der Waals surface area contributed by atoms with E-state index in [1.165, 1.54) is 18.2 Å². The summed E-state index contributed by atoms with van der Waals surface area (Å²) in [6.45, 7) is 2.03. The van der Waals surface area contributed by atoms with Crippen LogP contribution in [0.25, 0.3) is 0 Å². The van der Waals surface area contributed by atoms with Crippen LogP contribution in [-0.2, 0) is 11.3 Å². The molecule has 132 valence electrons. The third-order valence-corrected chi connectivity index (χ3v) is 4.38. The Morgan fingerprint density at radius 3 is 2.52 bits per heavy atom. The quantitative estimate of drug-likeness (QED) is 0.907. The van der Waals surface area contributed by atoms with Gasteiger partial charge in [-0.3, -0.25) is 9.69 Å². The van der Waals surface area contributed by atoms with Gasteiger partial charge in [-0.25, -0.2) is 13.2 Å². The molecule has 3 nitrogen and oxygen atoms in total. The van der Waals surface area contributed by atoms with Gasteiger partial charge in [0.15, 0.2) is 0 Å². The number of carbonyl (C=O) groups excluding carboxylic acids is 1. The Bertz CT molecular complexity index is 749. The van der Waals surface area contributed by atoms with E-state index < -0.39 is 11.6 Å². The molecule has 1 N–H and O–H groups in total. The summed E-state index contributed by atoms with van der Waals surface area (Å²) in [6.07, 6.45) is 1.57. The second-order valence-corrected chi connectivity index (χ2v) is 6.31. The lowest BCUT2D eigenvalue weighted by atomic mass is 9.96. The van der Waals surface area contributed by atoms with Gasteiger partial charge in [-0.15, -0.1) is 0 Å². The van der Waals surface area contributed by atoms with E-state index in [1.54, 1.807) is 12.1 Å². The topological polar surface area (TPSA) is 32.3 Å². The summed E-state index contributed by atoms with van der Waals surface area (Å²) in [5, 5.41) is 2.54. The number of benzene rings is 2. The molecule has 1 amide bonds. The second kappa shape index (κ2) is 7.70. The van der Waals surface area contributed by atoms with E-state index in [0.717, 1.165) is 30.7 Å². The molecule has 1 unspecified atom stereocenters. The number of hydrogen-bond donors (Lipinski definition) is 1. The van der Waals surface area contributed by atoms with Gasteiger partial charge in [-0.05, 0) is 49.2 Å². The van der Waals surface area contributed by atoms with Crippen LogP contribution in [0.1, 0.15) is 18.4 Å². The summed E-state index contributed by atoms with van der Waals surface area (Å²) in [5.74, 6) is -2.28. The van der Waals surface area contributed by atoms with Crippen LogP contribution in [0.2, 0.25) is 0 Å². The first-order valence-corrected chi connectivity index (χ1v) is 8.24. The minimum atomic E-state index is -0.785. The molecule has 0 aromatic heterocycles. The zero-order valence-corrected chi connectivity index (χ0v) is 13.6. The smallest absolute Gasteiger partial charge is 0.228 e. The van der Waals surface area contributed by atoms with Crippen molar-refractivity contribution in [1.29, 1.82) is 0 Å². The van der Waals surface area contributed by atoms with Gasteiger partial charge >= 0.3 is 0 Å². The van der Waals surface area contributed by atoms with Crippen molar-refractivity contribution in [3.63, 3.8) is 0 Å². The largest absolute Gasteiger partial charge is 0.323 e. The van der Waals surface area contributed by atoms with Crippen molar-refractivity contribution in [1.82, 2.24) is 4.90 Å². The Morgan fingerprint density at radius 2 is 1.80 bits per heavy atom. The molecule has 2 aromatic rings. The summed E-state index contributed by atoms with van der Waals surface area (Å²) in [7, 11) is 0. The SMILES string of the molecule is O=C(Nc1ccc(F)cc1F)C1CCCN(Cc2ccc(F)cc2)C1. The third kappa shape index (κ3) is 4.60. The van der Waals surface area contributed by atoms with E-state index in [9.17, 15) is 18.0 Å². The number of hydrogen-bond acceptors (Lipinski definition) is 2. The van der Waals surface area contributed by atoms with Gasteiger partial charge in [-0.2, -0.15) is 0 Å². The second-order valence-electron chi connectivity index (χ2n) is 6.31. The number of anilines is 1. The molecule has 1 saturated heterocycles. The molecule has 1 aliphatic heterocycles. The summed E-state index contributed by atoms with van der Waals surface area (Å²) in [4.78, 5) is 14.5. The molecule has 0 bridgehead atoms. The van der Waals surface area contributed by atoms with Gasteiger partial charge in [0.25, 0.3) is 0 Å². The first kappa shape index (κ1) is 17.5. The van der Waals surface area contributed by atoms with Crippen LogP contribution in [0.5, 0.6) is 0 Å². The fourth-order valence-corrected chi connectivity index (χ4v) is 3.09. The molecular formula is C19H19F3N2O. The highest BCUT2D eigenvalue weighted by Gasteiger charge is 2.26. The van der Waals surface area contributed by atoms with Crippen LogP contribution in [0, 0.1) is 23.4 Å². The van der Waals surface area contributed by atoms with Gasteiger partial charge in [0.2, 0.25) is 5.91 Å².